The highest BCUT2D eigenvalue weighted by atomic mass is 16.3. The first-order valence-corrected chi connectivity index (χ1v) is 5.79. The molecule has 1 rings (SSSR count). The van der Waals surface area contributed by atoms with Crippen molar-refractivity contribution >= 4 is 0 Å². The summed E-state index contributed by atoms with van der Waals surface area (Å²) in [5.74, 6) is 0. The van der Waals surface area contributed by atoms with Crippen molar-refractivity contribution in [2.24, 2.45) is 0 Å². The zero-order valence-corrected chi connectivity index (χ0v) is 9.21. The third kappa shape index (κ3) is 3.81. The molecule has 0 aromatic rings. The Labute approximate surface area is 87.4 Å². The molecule has 0 bridgehead atoms. The second-order valence-corrected chi connectivity index (χ2v) is 4.39. The minimum atomic E-state index is -0.130. The number of rotatable bonds is 5. The maximum absolute atomic E-state index is 9.76. The lowest BCUT2D eigenvalue weighted by Crippen LogP contribution is -2.46. The molecule has 0 aromatic carbocycles. The topological polar surface area (TPSA) is 32.3 Å². The Balaban J connectivity index is 2.23. The molecule has 0 heterocycles. The van der Waals surface area contributed by atoms with Crippen LogP contribution in [0.4, 0.5) is 0 Å². The van der Waals surface area contributed by atoms with Crippen LogP contribution >= 0.6 is 0 Å². The van der Waals surface area contributed by atoms with Crippen molar-refractivity contribution in [1.82, 2.24) is 5.32 Å². The Morgan fingerprint density at radius 3 is 2.86 bits per heavy atom. The van der Waals surface area contributed by atoms with E-state index in [2.05, 4.69) is 18.8 Å². The summed E-state index contributed by atoms with van der Waals surface area (Å²) in [4.78, 5) is 0. The Morgan fingerprint density at radius 2 is 2.21 bits per heavy atom. The van der Waals surface area contributed by atoms with Gasteiger partial charge in [0.05, 0.1) is 6.10 Å². The van der Waals surface area contributed by atoms with Crippen LogP contribution in [-0.2, 0) is 0 Å². The smallest absolute Gasteiger partial charge is 0.0693 e. The molecule has 2 nitrogen and oxygen atoms in total. The van der Waals surface area contributed by atoms with Gasteiger partial charge in [-0.25, -0.2) is 0 Å². The number of hydrogen-bond acceptors (Lipinski definition) is 2. The summed E-state index contributed by atoms with van der Waals surface area (Å²) in [6.45, 7) is 5.90. The third-order valence-corrected chi connectivity index (χ3v) is 3.03. The standard InChI is InChI=1S/C12H23NO/c1-3-4-7-10(2)13-11-8-5-6-9-12(11)14/h3,10-14H,1,4-9H2,2H3/t10-,11+,12-/m0/s1. The predicted molar refractivity (Wildman–Crippen MR) is 60.3 cm³/mol. The summed E-state index contributed by atoms with van der Waals surface area (Å²) in [6.07, 6.45) is 8.52. The second-order valence-electron chi connectivity index (χ2n) is 4.39. The summed E-state index contributed by atoms with van der Waals surface area (Å²) < 4.78 is 0. The molecular weight excluding hydrogens is 174 g/mol. The van der Waals surface area contributed by atoms with Crippen LogP contribution in [0.2, 0.25) is 0 Å². The van der Waals surface area contributed by atoms with Gasteiger partial charge in [0.25, 0.3) is 0 Å². The first-order chi connectivity index (χ1) is 6.74. The van der Waals surface area contributed by atoms with Gasteiger partial charge in [-0.05, 0) is 32.6 Å². The fourth-order valence-corrected chi connectivity index (χ4v) is 2.12. The molecule has 1 aliphatic rings. The number of aliphatic hydroxyl groups excluding tert-OH is 1. The Morgan fingerprint density at radius 1 is 1.50 bits per heavy atom. The average Bonchev–Trinajstić information content (AvgIpc) is 2.18. The number of allylic oxidation sites excluding steroid dienone is 1. The molecule has 0 aromatic heterocycles. The van der Waals surface area contributed by atoms with E-state index in [4.69, 9.17) is 0 Å². The van der Waals surface area contributed by atoms with Gasteiger partial charge in [0.1, 0.15) is 0 Å². The second kappa shape index (κ2) is 6.20. The molecule has 0 saturated heterocycles. The zero-order valence-electron chi connectivity index (χ0n) is 9.21. The predicted octanol–water partition coefficient (Wildman–Crippen LogP) is 2.23. The quantitative estimate of drug-likeness (QED) is 0.662. The van der Waals surface area contributed by atoms with E-state index in [1.54, 1.807) is 0 Å². The molecule has 3 atom stereocenters. The fraction of sp³-hybridized carbons (Fsp3) is 0.833. The largest absolute Gasteiger partial charge is 0.392 e. The van der Waals surface area contributed by atoms with Gasteiger partial charge in [0.2, 0.25) is 0 Å². The van der Waals surface area contributed by atoms with E-state index in [1.807, 2.05) is 6.08 Å². The number of aliphatic hydroxyl groups is 1. The van der Waals surface area contributed by atoms with E-state index in [9.17, 15) is 5.11 Å². The Hall–Kier alpha value is -0.340. The van der Waals surface area contributed by atoms with Crippen LogP contribution < -0.4 is 5.32 Å². The number of hydrogen-bond donors (Lipinski definition) is 2. The van der Waals surface area contributed by atoms with Crippen LogP contribution in [0, 0.1) is 0 Å². The van der Waals surface area contributed by atoms with E-state index in [0.29, 0.717) is 12.1 Å². The molecule has 1 aliphatic carbocycles. The zero-order chi connectivity index (χ0) is 10.4. The van der Waals surface area contributed by atoms with Gasteiger partial charge in [-0.15, -0.1) is 6.58 Å². The average molecular weight is 197 g/mol. The molecule has 0 aliphatic heterocycles. The van der Waals surface area contributed by atoms with Gasteiger partial charge < -0.3 is 10.4 Å². The van der Waals surface area contributed by atoms with Crippen LogP contribution in [0.3, 0.4) is 0 Å². The Kier molecular flexibility index (Phi) is 5.20. The lowest BCUT2D eigenvalue weighted by Gasteiger charge is -2.31. The molecule has 1 saturated carbocycles. The van der Waals surface area contributed by atoms with Gasteiger partial charge in [-0.2, -0.15) is 0 Å². The van der Waals surface area contributed by atoms with Gasteiger partial charge in [0.15, 0.2) is 0 Å². The van der Waals surface area contributed by atoms with Crippen LogP contribution in [0.25, 0.3) is 0 Å². The number of nitrogens with one attached hydrogen (secondary N) is 1. The SMILES string of the molecule is C=CCC[C@H](C)N[C@@H]1CCCC[C@@H]1O. The Bertz CT molecular complexity index is 170. The summed E-state index contributed by atoms with van der Waals surface area (Å²) in [7, 11) is 0. The third-order valence-electron chi connectivity index (χ3n) is 3.03. The van der Waals surface area contributed by atoms with Gasteiger partial charge in [0, 0.05) is 12.1 Å². The van der Waals surface area contributed by atoms with Crippen LogP contribution in [0.15, 0.2) is 12.7 Å². The molecule has 0 radical (unpaired) electrons. The van der Waals surface area contributed by atoms with Crippen molar-refractivity contribution in [3.63, 3.8) is 0 Å². The highest BCUT2D eigenvalue weighted by Crippen LogP contribution is 2.19. The lowest BCUT2D eigenvalue weighted by molar-refractivity contribution is 0.0854. The van der Waals surface area contributed by atoms with Crippen molar-refractivity contribution in [1.29, 1.82) is 0 Å². The van der Waals surface area contributed by atoms with Crippen LogP contribution in [0.1, 0.15) is 45.4 Å². The molecule has 0 unspecified atom stereocenters. The summed E-state index contributed by atoms with van der Waals surface area (Å²) >= 11 is 0. The maximum atomic E-state index is 9.76. The van der Waals surface area contributed by atoms with Crippen LogP contribution in [-0.4, -0.2) is 23.3 Å². The maximum Gasteiger partial charge on any atom is 0.0693 e. The molecule has 2 N–H and O–H groups in total. The lowest BCUT2D eigenvalue weighted by atomic mass is 9.92. The molecule has 0 spiro atoms. The minimum Gasteiger partial charge on any atom is -0.392 e. The van der Waals surface area contributed by atoms with E-state index in [0.717, 1.165) is 25.7 Å². The highest BCUT2D eigenvalue weighted by molar-refractivity contribution is 4.83. The van der Waals surface area contributed by atoms with Crippen molar-refractivity contribution in [3.8, 4) is 0 Å². The minimum absolute atomic E-state index is 0.130. The normalized spacial score (nSPS) is 29.9. The molecule has 82 valence electrons. The molecule has 1 fully saturated rings. The molecule has 2 heteroatoms. The first kappa shape index (κ1) is 11.7. The van der Waals surface area contributed by atoms with E-state index in [1.165, 1.54) is 12.8 Å². The van der Waals surface area contributed by atoms with E-state index >= 15 is 0 Å². The monoisotopic (exact) mass is 197 g/mol. The van der Waals surface area contributed by atoms with Crippen molar-refractivity contribution < 1.29 is 5.11 Å². The summed E-state index contributed by atoms with van der Waals surface area (Å²) in [6, 6.07) is 0.814. The van der Waals surface area contributed by atoms with E-state index in [-0.39, 0.29) is 6.10 Å². The molecule has 0 amide bonds. The van der Waals surface area contributed by atoms with Crippen LogP contribution in [0.5, 0.6) is 0 Å². The molecule has 14 heavy (non-hydrogen) atoms. The van der Waals surface area contributed by atoms with E-state index < -0.39 is 0 Å². The van der Waals surface area contributed by atoms with Crippen molar-refractivity contribution in [2.45, 2.75) is 63.6 Å². The van der Waals surface area contributed by atoms with Crippen molar-refractivity contribution in [3.05, 3.63) is 12.7 Å². The molecular formula is C12H23NO. The first-order valence-electron chi connectivity index (χ1n) is 5.79. The fourth-order valence-electron chi connectivity index (χ4n) is 2.12. The summed E-state index contributed by atoms with van der Waals surface area (Å²) in [5, 5.41) is 13.3. The van der Waals surface area contributed by atoms with Gasteiger partial charge >= 0.3 is 0 Å². The van der Waals surface area contributed by atoms with Crippen molar-refractivity contribution in [2.75, 3.05) is 0 Å². The summed E-state index contributed by atoms with van der Waals surface area (Å²) in [5.41, 5.74) is 0. The van der Waals surface area contributed by atoms with Gasteiger partial charge in [-0.3, -0.25) is 0 Å². The van der Waals surface area contributed by atoms with Gasteiger partial charge in [-0.1, -0.05) is 18.9 Å². The highest BCUT2D eigenvalue weighted by Gasteiger charge is 2.23.